The summed E-state index contributed by atoms with van der Waals surface area (Å²) < 4.78 is 7.49. The second kappa shape index (κ2) is 5.48. The zero-order chi connectivity index (χ0) is 13.9. The van der Waals surface area contributed by atoms with Gasteiger partial charge >= 0.3 is 0 Å². The number of para-hydroxylation sites is 1. The van der Waals surface area contributed by atoms with Gasteiger partial charge in [0, 0.05) is 6.54 Å². The number of nitrogens with zero attached hydrogens (tertiary/aromatic N) is 4. The van der Waals surface area contributed by atoms with Crippen LogP contribution in [-0.4, -0.2) is 26.8 Å². The topological polar surface area (TPSA) is 78.8 Å². The third kappa shape index (κ3) is 2.59. The molecule has 6 nitrogen and oxygen atoms in total. The van der Waals surface area contributed by atoms with E-state index in [1.807, 2.05) is 29.8 Å². The minimum atomic E-state index is 0.560. The maximum absolute atomic E-state index is 5.99. The molecule has 2 N–H and O–H groups in total. The summed E-state index contributed by atoms with van der Waals surface area (Å²) in [5, 5.41) is 12.0. The lowest BCUT2D eigenvalue weighted by Crippen LogP contribution is -2.06. The van der Waals surface area contributed by atoms with Crippen molar-refractivity contribution < 1.29 is 4.74 Å². The summed E-state index contributed by atoms with van der Waals surface area (Å²) in [6, 6.07) is 5.67. The zero-order valence-corrected chi connectivity index (χ0v) is 11.6. The molecule has 0 radical (unpaired) electrons. The predicted molar refractivity (Wildman–Crippen MR) is 76.2 cm³/mol. The van der Waals surface area contributed by atoms with Crippen LogP contribution in [0.4, 0.5) is 5.69 Å². The average Bonchev–Trinajstić information content (AvgIpc) is 3.16. The minimum absolute atomic E-state index is 0.560. The van der Waals surface area contributed by atoms with E-state index in [1.165, 1.54) is 12.8 Å². The van der Waals surface area contributed by atoms with Crippen LogP contribution in [0.2, 0.25) is 0 Å². The first-order chi connectivity index (χ1) is 9.79. The van der Waals surface area contributed by atoms with Crippen LogP contribution < -0.4 is 10.5 Å². The van der Waals surface area contributed by atoms with Crippen LogP contribution in [0.15, 0.2) is 18.2 Å². The molecule has 0 atom stereocenters. The first-order valence-corrected chi connectivity index (χ1v) is 7.07. The molecule has 1 aromatic carbocycles. The third-order valence-corrected chi connectivity index (χ3v) is 3.55. The number of benzene rings is 1. The van der Waals surface area contributed by atoms with Crippen LogP contribution in [0.5, 0.6) is 5.75 Å². The Labute approximate surface area is 117 Å². The fourth-order valence-corrected chi connectivity index (χ4v) is 2.30. The van der Waals surface area contributed by atoms with Gasteiger partial charge in [-0.3, -0.25) is 0 Å². The Bertz CT molecular complexity index is 591. The highest BCUT2D eigenvalue weighted by molar-refractivity contribution is 5.73. The highest BCUT2D eigenvalue weighted by Gasteiger charge is 2.22. The first-order valence-electron chi connectivity index (χ1n) is 7.07. The molecule has 0 saturated heterocycles. The lowest BCUT2D eigenvalue weighted by atomic mass is 10.1. The van der Waals surface area contributed by atoms with Gasteiger partial charge in [-0.1, -0.05) is 18.9 Å². The maximum Gasteiger partial charge on any atom is 0.185 e. The first kappa shape index (κ1) is 12.9. The van der Waals surface area contributed by atoms with Crippen LogP contribution in [0.3, 0.4) is 0 Å². The summed E-state index contributed by atoms with van der Waals surface area (Å²) in [4.78, 5) is 0. The summed E-state index contributed by atoms with van der Waals surface area (Å²) in [6.45, 7) is 3.34. The molecular weight excluding hydrogens is 254 g/mol. The van der Waals surface area contributed by atoms with E-state index >= 15 is 0 Å². The predicted octanol–water partition coefficient (Wildman–Crippen LogP) is 2.12. The standard InChI is InChI=1S/C14H19N5O/c1-2-20-13-11(4-3-5-12(13)15)14-16-17-18-19(14)9-8-10-6-7-10/h3-5,10H,2,6-9,15H2,1H3. The lowest BCUT2D eigenvalue weighted by molar-refractivity contribution is 0.343. The molecule has 1 heterocycles. The Balaban J connectivity index is 1.91. The number of aryl methyl sites for hydroxylation is 1. The Kier molecular flexibility index (Phi) is 3.54. The number of anilines is 1. The van der Waals surface area contributed by atoms with Gasteiger partial charge in [0.2, 0.25) is 0 Å². The van der Waals surface area contributed by atoms with Gasteiger partial charge in [0.1, 0.15) is 0 Å². The molecule has 106 valence electrons. The number of hydrogen-bond donors (Lipinski definition) is 1. The monoisotopic (exact) mass is 273 g/mol. The SMILES string of the molecule is CCOc1c(N)cccc1-c1nnnn1CCC1CC1. The normalized spacial score (nSPS) is 14.4. The summed E-state index contributed by atoms with van der Waals surface area (Å²) in [5.74, 6) is 2.23. The van der Waals surface area contributed by atoms with Crippen molar-refractivity contribution in [3.8, 4) is 17.1 Å². The number of nitrogens with two attached hydrogens (primary N) is 1. The number of ether oxygens (including phenoxy) is 1. The van der Waals surface area contributed by atoms with Gasteiger partial charge in [-0.2, -0.15) is 0 Å². The Morgan fingerprint density at radius 1 is 1.40 bits per heavy atom. The van der Waals surface area contributed by atoms with Crippen LogP contribution >= 0.6 is 0 Å². The molecule has 1 aliphatic rings. The average molecular weight is 273 g/mol. The van der Waals surface area contributed by atoms with Crippen LogP contribution in [0, 0.1) is 5.92 Å². The van der Waals surface area contributed by atoms with Gasteiger partial charge < -0.3 is 10.5 Å². The number of nitrogen functional groups attached to an aromatic ring is 1. The van der Waals surface area contributed by atoms with Crippen molar-refractivity contribution in [1.82, 2.24) is 20.2 Å². The smallest absolute Gasteiger partial charge is 0.185 e. The minimum Gasteiger partial charge on any atom is -0.491 e. The quantitative estimate of drug-likeness (QED) is 0.815. The molecule has 1 saturated carbocycles. The molecule has 0 amide bonds. The van der Waals surface area contributed by atoms with Crippen molar-refractivity contribution in [3.05, 3.63) is 18.2 Å². The molecule has 1 aliphatic carbocycles. The van der Waals surface area contributed by atoms with Crippen molar-refractivity contribution in [2.24, 2.45) is 5.92 Å². The fourth-order valence-electron chi connectivity index (χ4n) is 2.30. The van der Waals surface area contributed by atoms with Crippen molar-refractivity contribution in [1.29, 1.82) is 0 Å². The van der Waals surface area contributed by atoms with Gasteiger partial charge in [0.05, 0.1) is 17.9 Å². The highest BCUT2D eigenvalue weighted by Crippen LogP contribution is 2.35. The van der Waals surface area contributed by atoms with Crippen molar-refractivity contribution in [3.63, 3.8) is 0 Å². The van der Waals surface area contributed by atoms with E-state index in [4.69, 9.17) is 10.5 Å². The second-order valence-corrected chi connectivity index (χ2v) is 5.11. The van der Waals surface area contributed by atoms with E-state index in [1.54, 1.807) is 0 Å². The van der Waals surface area contributed by atoms with Crippen molar-refractivity contribution >= 4 is 5.69 Å². The number of rotatable bonds is 6. The molecule has 0 bridgehead atoms. The lowest BCUT2D eigenvalue weighted by Gasteiger charge is -2.12. The van der Waals surface area contributed by atoms with E-state index in [0.717, 1.165) is 30.3 Å². The maximum atomic E-state index is 5.99. The molecule has 1 aromatic heterocycles. The van der Waals surface area contributed by atoms with Crippen LogP contribution in [-0.2, 0) is 6.54 Å². The largest absolute Gasteiger partial charge is 0.491 e. The van der Waals surface area contributed by atoms with Gasteiger partial charge in [-0.15, -0.1) is 5.10 Å². The molecule has 1 fully saturated rings. The van der Waals surface area contributed by atoms with E-state index in [0.29, 0.717) is 18.0 Å². The van der Waals surface area contributed by atoms with E-state index in [2.05, 4.69) is 15.5 Å². The molecule has 2 aromatic rings. The molecule has 0 spiro atoms. The number of hydrogen-bond acceptors (Lipinski definition) is 5. The fraction of sp³-hybridized carbons (Fsp3) is 0.500. The summed E-state index contributed by atoms with van der Waals surface area (Å²) >= 11 is 0. The van der Waals surface area contributed by atoms with Crippen molar-refractivity contribution in [2.45, 2.75) is 32.7 Å². The van der Waals surface area contributed by atoms with Crippen molar-refractivity contribution in [2.75, 3.05) is 12.3 Å². The molecule has 0 aliphatic heterocycles. The Hall–Kier alpha value is -2.11. The van der Waals surface area contributed by atoms with Gasteiger partial charge in [-0.05, 0) is 41.8 Å². The Morgan fingerprint density at radius 3 is 3.00 bits per heavy atom. The summed E-state index contributed by atoms with van der Waals surface area (Å²) in [6.07, 6.45) is 3.80. The van der Waals surface area contributed by atoms with E-state index in [-0.39, 0.29) is 0 Å². The third-order valence-electron chi connectivity index (χ3n) is 3.55. The molecule has 20 heavy (non-hydrogen) atoms. The summed E-state index contributed by atoms with van der Waals surface area (Å²) in [5.41, 5.74) is 7.46. The number of aromatic nitrogens is 4. The Morgan fingerprint density at radius 2 is 2.25 bits per heavy atom. The van der Waals surface area contributed by atoms with Gasteiger partial charge in [-0.25, -0.2) is 4.68 Å². The van der Waals surface area contributed by atoms with E-state index < -0.39 is 0 Å². The van der Waals surface area contributed by atoms with Crippen LogP contribution in [0.1, 0.15) is 26.2 Å². The molecule has 3 rings (SSSR count). The van der Waals surface area contributed by atoms with Gasteiger partial charge in [0.25, 0.3) is 0 Å². The number of tetrazole rings is 1. The molecule has 6 heteroatoms. The highest BCUT2D eigenvalue weighted by atomic mass is 16.5. The van der Waals surface area contributed by atoms with E-state index in [9.17, 15) is 0 Å². The van der Waals surface area contributed by atoms with Gasteiger partial charge in [0.15, 0.2) is 11.6 Å². The summed E-state index contributed by atoms with van der Waals surface area (Å²) in [7, 11) is 0. The zero-order valence-electron chi connectivity index (χ0n) is 11.6. The van der Waals surface area contributed by atoms with Crippen LogP contribution in [0.25, 0.3) is 11.4 Å². The molecule has 0 unspecified atom stereocenters. The second-order valence-electron chi connectivity index (χ2n) is 5.11. The molecular formula is C14H19N5O.